The molecule has 4 aromatic rings. The number of aliphatic hydroxyl groups is 1. The Morgan fingerprint density at radius 2 is 1.86 bits per heavy atom. The van der Waals surface area contributed by atoms with Crippen LogP contribution >= 0.6 is 0 Å². The van der Waals surface area contributed by atoms with E-state index >= 15 is 0 Å². The Morgan fingerprint density at radius 1 is 1.12 bits per heavy atom. The summed E-state index contributed by atoms with van der Waals surface area (Å²) >= 11 is 0. The van der Waals surface area contributed by atoms with Gasteiger partial charge < -0.3 is 24.8 Å². The van der Waals surface area contributed by atoms with Gasteiger partial charge in [-0.1, -0.05) is 23.4 Å². The Bertz CT molecular complexity index is 1720. The smallest absolute Gasteiger partial charge is 0.231 e. The molecule has 9 heteroatoms. The number of Topliss-reactive ketones (excluding diaryl/α,β-unsaturated/α-hetero) is 1. The summed E-state index contributed by atoms with van der Waals surface area (Å²) in [6.45, 7) is 5.22. The predicted octanol–water partition coefficient (Wildman–Crippen LogP) is 6.00. The lowest BCUT2D eigenvalue weighted by molar-refractivity contribution is -0.123. The number of fused-ring (bicyclic) bond motifs is 1. The molecule has 43 heavy (non-hydrogen) atoms. The fourth-order valence-corrected chi connectivity index (χ4v) is 5.42. The highest BCUT2D eigenvalue weighted by Gasteiger charge is 2.44. The van der Waals surface area contributed by atoms with Gasteiger partial charge in [0, 0.05) is 34.2 Å². The second-order valence-electron chi connectivity index (χ2n) is 11.9. The topological polar surface area (TPSA) is 125 Å². The predicted molar refractivity (Wildman–Crippen MR) is 157 cm³/mol. The maximum Gasteiger partial charge on any atom is 0.231 e. The molecule has 1 aliphatic heterocycles. The summed E-state index contributed by atoms with van der Waals surface area (Å²) in [4.78, 5) is 25.9. The van der Waals surface area contributed by atoms with Crippen molar-refractivity contribution in [3.63, 3.8) is 0 Å². The zero-order chi connectivity index (χ0) is 30.5. The van der Waals surface area contributed by atoms with Crippen LogP contribution in [0, 0.1) is 12.7 Å². The van der Waals surface area contributed by atoms with Gasteiger partial charge in [0.25, 0.3) is 0 Å². The van der Waals surface area contributed by atoms with Crippen LogP contribution in [0.25, 0.3) is 22.3 Å². The standard InChI is InChI=1S/C34H33FN2O6/c1-19-27(17-42-37-19)25-11-6-21(14-30(25)43-24-9-10-24)29(38)12-13-34(3,40)22-15-26(20-4-7-23(35)8-5-20)31-28(16-22)33(2,18-41-31)32(36)39/h4-8,11,14-17,24,40H,9-10,12-13,18H2,1-3H3,(H2,36,39)/t33-,34-/m0/s1. The minimum atomic E-state index is -1.45. The van der Waals surface area contributed by atoms with E-state index in [0.717, 1.165) is 29.7 Å². The summed E-state index contributed by atoms with van der Waals surface area (Å²) < 4.78 is 30.9. The number of ether oxygens (including phenoxy) is 2. The van der Waals surface area contributed by atoms with E-state index in [1.807, 2.05) is 13.0 Å². The van der Waals surface area contributed by atoms with E-state index < -0.39 is 16.9 Å². The van der Waals surface area contributed by atoms with Gasteiger partial charge in [0.15, 0.2) is 5.78 Å². The molecule has 0 spiro atoms. The minimum Gasteiger partial charge on any atom is -0.491 e. The molecule has 0 saturated heterocycles. The molecule has 1 fully saturated rings. The first-order chi connectivity index (χ1) is 20.5. The number of primary amides is 1. The molecule has 0 bridgehead atoms. The molecule has 1 aromatic heterocycles. The molecule has 0 radical (unpaired) electrons. The first-order valence-electron chi connectivity index (χ1n) is 14.3. The van der Waals surface area contributed by atoms with Crippen LogP contribution in [-0.4, -0.2) is 34.7 Å². The zero-order valence-electron chi connectivity index (χ0n) is 24.3. The third-order valence-electron chi connectivity index (χ3n) is 8.51. The highest BCUT2D eigenvalue weighted by atomic mass is 19.1. The van der Waals surface area contributed by atoms with Crippen molar-refractivity contribution in [2.24, 2.45) is 5.73 Å². The number of hydrogen-bond donors (Lipinski definition) is 2. The molecule has 3 aromatic carbocycles. The molecule has 0 unspecified atom stereocenters. The van der Waals surface area contributed by atoms with Crippen molar-refractivity contribution in [1.29, 1.82) is 0 Å². The highest BCUT2D eigenvalue weighted by molar-refractivity contribution is 5.97. The van der Waals surface area contributed by atoms with Crippen LogP contribution in [0.1, 0.15) is 66.7 Å². The maximum absolute atomic E-state index is 13.7. The third-order valence-corrected chi connectivity index (χ3v) is 8.51. The van der Waals surface area contributed by atoms with Gasteiger partial charge >= 0.3 is 0 Å². The molecule has 2 aliphatic rings. The third kappa shape index (κ3) is 5.41. The summed E-state index contributed by atoms with van der Waals surface area (Å²) in [5, 5.41) is 15.7. The Kier molecular flexibility index (Phi) is 7.08. The van der Waals surface area contributed by atoms with Crippen molar-refractivity contribution in [1.82, 2.24) is 5.16 Å². The van der Waals surface area contributed by atoms with Gasteiger partial charge in [0.1, 0.15) is 35.6 Å². The first kappa shape index (κ1) is 28.6. The lowest BCUT2D eigenvalue weighted by Crippen LogP contribution is -2.40. The lowest BCUT2D eigenvalue weighted by atomic mass is 9.78. The minimum absolute atomic E-state index is 0.0472. The van der Waals surface area contributed by atoms with E-state index in [-0.39, 0.29) is 37.2 Å². The van der Waals surface area contributed by atoms with E-state index in [0.29, 0.717) is 39.3 Å². The van der Waals surface area contributed by atoms with Gasteiger partial charge in [0.05, 0.1) is 17.4 Å². The number of nitrogens with two attached hydrogens (primary N) is 1. The molecule has 1 saturated carbocycles. The zero-order valence-corrected chi connectivity index (χ0v) is 24.3. The fraction of sp³-hybridized carbons (Fsp3) is 0.324. The molecule has 1 amide bonds. The van der Waals surface area contributed by atoms with Crippen molar-refractivity contribution >= 4 is 11.7 Å². The van der Waals surface area contributed by atoms with Crippen molar-refractivity contribution in [2.75, 3.05) is 6.61 Å². The first-order valence-corrected chi connectivity index (χ1v) is 14.3. The Balaban J connectivity index is 1.29. The monoisotopic (exact) mass is 584 g/mol. The summed E-state index contributed by atoms with van der Waals surface area (Å²) in [7, 11) is 0. The Morgan fingerprint density at radius 3 is 2.51 bits per heavy atom. The normalized spacial score (nSPS) is 18.9. The van der Waals surface area contributed by atoms with Gasteiger partial charge in [-0.15, -0.1) is 0 Å². The van der Waals surface area contributed by atoms with Crippen molar-refractivity contribution < 1.29 is 33.1 Å². The molecule has 6 rings (SSSR count). The second kappa shape index (κ2) is 10.6. The number of benzene rings is 3. The number of amides is 1. The maximum atomic E-state index is 13.7. The Labute approximate surface area is 248 Å². The second-order valence-corrected chi connectivity index (χ2v) is 11.9. The lowest BCUT2D eigenvalue weighted by Gasteiger charge is -2.27. The van der Waals surface area contributed by atoms with Gasteiger partial charge in [-0.3, -0.25) is 9.59 Å². The summed E-state index contributed by atoms with van der Waals surface area (Å²) in [6.07, 6.45) is 3.76. The summed E-state index contributed by atoms with van der Waals surface area (Å²) in [5.74, 6) is -0.0353. The van der Waals surface area contributed by atoms with E-state index in [4.69, 9.17) is 19.7 Å². The molecule has 222 valence electrons. The highest BCUT2D eigenvalue weighted by Crippen LogP contribution is 2.47. The number of halogens is 1. The van der Waals surface area contributed by atoms with E-state index in [9.17, 15) is 19.1 Å². The van der Waals surface area contributed by atoms with Crippen LogP contribution in [0.15, 0.2) is 65.4 Å². The van der Waals surface area contributed by atoms with Crippen LogP contribution < -0.4 is 15.2 Å². The molecule has 8 nitrogen and oxygen atoms in total. The number of ketones is 1. The van der Waals surface area contributed by atoms with E-state index in [1.54, 1.807) is 56.5 Å². The number of nitrogens with zero attached hydrogens (tertiary/aromatic N) is 1. The van der Waals surface area contributed by atoms with E-state index in [1.165, 1.54) is 12.1 Å². The largest absolute Gasteiger partial charge is 0.491 e. The van der Waals surface area contributed by atoms with Crippen LogP contribution in [0.3, 0.4) is 0 Å². The molecule has 2 heterocycles. The van der Waals surface area contributed by atoms with Crippen LogP contribution in [0.5, 0.6) is 11.5 Å². The summed E-state index contributed by atoms with van der Waals surface area (Å²) in [5.41, 5.74) is 8.32. The van der Waals surface area contributed by atoms with Crippen LogP contribution in [-0.2, 0) is 15.8 Å². The van der Waals surface area contributed by atoms with Crippen molar-refractivity contribution in [3.8, 4) is 33.8 Å². The fourth-order valence-electron chi connectivity index (χ4n) is 5.42. The average molecular weight is 585 g/mol. The van der Waals surface area contributed by atoms with Gasteiger partial charge in [-0.2, -0.15) is 0 Å². The van der Waals surface area contributed by atoms with Crippen molar-refractivity contribution in [2.45, 2.75) is 63.6 Å². The van der Waals surface area contributed by atoms with Crippen molar-refractivity contribution in [3.05, 3.63) is 89.1 Å². The molecular weight excluding hydrogens is 551 g/mol. The van der Waals surface area contributed by atoms with Crippen LogP contribution in [0.4, 0.5) is 4.39 Å². The number of hydrogen-bond acceptors (Lipinski definition) is 7. The molecule has 2 atom stereocenters. The number of carbonyl (C=O) groups is 2. The number of aryl methyl sites for hydroxylation is 1. The van der Waals surface area contributed by atoms with Gasteiger partial charge in [0.2, 0.25) is 5.91 Å². The quantitative estimate of drug-likeness (QED) is 0.219. The molecule has 3 N–H and O–H groups in total. The SMILES string of the molecule is Cc1nocc1-c1ccc(C(=O)CC[C@](C)(O)c2cc(-c3ccc(F)cc3)c3c(c2)[C@@](C)(C(N)=O)CO3)cc1OC1CC1. The Hall–Kier alpha value is -4.50. The molecular formula is C34H33FN2O6. The van der Waals surface area contributed by atoms with Gasteiger partial charge in [-0.25, -0.2) is 4.39 Å². The average Bonchev–Trinajstić information content (AvgIpc) is 3.59. The number of rotatable bonds is 10. The summed E-state index contributed by atoms with van der Waals surface area (Å²) in [6, 6.07) is 14.7. The van der Waals surface area contributed by atoms with E-state index in [2.05, 4.69) is 5.16 Å². The number of aromatic nitrogens is 1. The number of carbonyl (C=O) groups excluding carboxylic acids is 2. The van der Waals surface area contributed by atoms with Gasteiger partial charge in [-0.05, 0) is 87.6 Å². The van der Waals surface area contributed by atoms with Crippen LogP contribution in [0.2, 0.25) is 0 Å². The molecule has 1 aliphatic carbocycles.